The lowest BCUT2D eigenvalue weighted by atomic mass is 10.0. The molecule has 0 atom stereocenters. The molecule has 0 fully saturated rings. The van der Waals surface area contributed by atoms with Gasteiger partial charge in [0.15, 0.2) is 0 Å². The minimum Gasteiger partial charge on any atom is -0.438 e. The third-order valence-corrected chi connectivity index (χ3v) is 3.82. The molecule has 0 radical (unpaired) electrons. The van der Waals surface area contributed by atoms with Crippen LogP contribution in [-0.2, 0) is 6.18 Å². The van der Waals surface area contributed by atoms with Gasteiger partial charge in [0.1, 0.15) is 5.75 Å². The molecule has 0 aliphatic rings. The minimum absolute atomic E-state index is 0.109. The first-order valence-electron chi connectivity index (χ1n) is 7.06. The standard InChI is InChI=1S/C18H14F3NO/c1-11-6-7-16-15(12(11)2)8-9-22-17(16)23-14-5-3-4-13(10-14)18(19,20)21/h3-10H,1-2H3. The summed E-state index contributed by atoms with van der Waals surface area (Å²) in [5, 5.41) is 1.75. The van der Waals surface area contributed by atoms with E-state index in [-0.39, 0.29) is 5.75 Å². The van der Waals surface area contributed by atoms with E-state index < -0.39 is 11.7 Å². The molecule has 0 bridgehead atoms. The number of benzene rings is 2. The maximum atomic E-state index is 12.8. The smallest absolute Gasteiger partial charge is 0.416 e. The second-order valence-electron chi connectivity index (χ2n) is 5.35. The lowest BCUT2D eigenvalue weighted by Gasteiger charge is -2.12. The Morgan fingerprint density at radius 3 is 2.48 bits per heavy atom. The first-order chi connectivity index (χ1) is 10.9. The van der Waals surface area contributed by atoms with Crippen LogP contribution >= 0.6 is 0 Å². The second kappa shape index (κ2) is 5.57. The third kappa shape index (κ3) is 2.99. The van der Waals surface area contributed by atoms with Crippen LogP contribution in [0.4, 0.5) is 13.2 Å². The quantitative estimate of drug-likeness (QED) is 0.608. The van der Waals surface area contributed by atoms with Gasteiger partial charge in [-0.3, -0.25) is 0 Å². The Kier molecular flexibility index (Phi) is 3.72. The molecule has 2 nitrogen and oxygen atoms in total. The fourth-order valence-corrected chi connectivity index (χ4v) is 2.42. The van der Waals surface area contributed by atoms with Crippen molar-refractivity contribution < 1.29 is 17.9 Å². The Labute approximate surface area is 131 Å². The van der Waals surface area contributed by atoms with E-state index in [1.165, 1.54) is 12.1 Å². The fraction of sp³-hybridized carbons (Fsp3) is 0.167. The van der Waals surface area contributed by atoms with Gasteiger partial charge >= 0.3 is 6.18 Å². The lowest BCUT2D eigenvalue weighted by molar-refractivity contribution is -0.137. The van der Waals surface area contributed by atoms with E-state index in [1.54, 1.807) is 6.20 Å². The van der Waals surface area contributed by atoms with Gasteiger partial charge in [0.2, 0.25) is 5.88 Å². The van der Waals surface area contributed by atoms with E-state index in [0.29, 0.717) is 5.88 Å². The van der Waals surface area contributed by atoms with Crippen molar-refractivity contribution in [3.8, 4) is 11.6 Å². The molecule has 0 spiro atoms. The third-order valence-electron chi connectivity index (χ3n) is 3.82. The van der Waals surface area contributed by atoms with Crippen molar-refractivity contribution in [1.82, 2.24) is 4.98 Å². The highest BCUT2D eigenvalue weighted by Gasteiger charge is 2.30. The van der Waals surface area contributed by atoms with Crippen molar-refractivity contribution >= 4 is 10.8 Å². The van der Waals surface area contributed by atoms with Crippen LogP contribution in [0.5, 0.6) is 11.6 Å². The molecule has 2 aromatic carbocycles. The first-order valence-corrected chi connectivity index (χ1v) is 7.06. The van der Waals surface area contributed by atoms with Gasteiger partial charge in [-0.2, -0.15) is 13.2 Å². The molecular weight excluding hydrogens is 303 g/mol. The number of hydrogen-bond donors (Lipinski definition) is 0. The number of aryl methyl sites for hydroxylation is 2. The molecule has 23 heavy (non-hydrogen) atoms. The molecule has 0 amide bonds. The molecule has 3 aromatic rings. The van der Waals surface area contributed by atoms with Crippen LogP contribution < -0.4 is 4.74 Å². The Balaban J connectivity index is 2.04. The van der Waals surface area contributed by atoms with Gasteiger partial charge in [0.25, 0.3) is 0 Å². The van der Waals surface area contributed by atoms with E-state index in [1.807, 2.05) is 32.0 Å². The summed E-state index contributed by atoms with van der Waals surface area (Å²) in [4.78, 5) is 4.16. The highest BCUT2D eigenvalue weighted by Crippen LogP contribution is 2.34. The Bertz CT molecular complexity index is 872. The SMILES string of the molecule is Cc1ccc2c(Oc3cccc(C(F)(F)F)c3)nccc2c1C. The van der Waals surface area contributed by atoms with E-state index in [4.69, 9.17) is 4.74 Å². The number of fused-ring (bicyclic) bond motifs is 1. The van der Waals surface area contributed by atoms with Crippen LogP contribution in [0.1, 0.15) is 16.7 Å². The summed E-state index contributed by atoms with van der Waals surface area (Å²) in [6.07, 6.45) is -2.81. The summed E-state index contributed by atoms with van der Waals surface area (Å²) in [6.45, 7) is 3.99. The number of nitrogens with zero attached hydrogens (tertiary/aromatic N) is 1. The summed E-state index contributed by atoms with van der Waals surface area (Å²) >= 11 is 0. The van der Waals surface area contributed by atoms with Crippen molar-refractivity contribution in [2.75, 3.05) is 0 Å². The van der Waals surface area contributed by atoms with Crippen LogP contribution in [0, 0.1) is 13.8 Å². The first kappa shape index (κ1) is 15.3. The highest BCUT2D eigenvalue weighted by atomic mass is 19.4. The van der Waals surface area contributed by atoms with Crippen molar-refractivity contribution in [1.29, 1.82) is 0 Å². The van der Waals surface area contributed by atoms with Gasteiger partial charge in [-0.25, -0.2) is 4.98 Å². The molecule has 1 heterocycles. The molecule has 1 aromatic heterocycles. The van der Waals surface area contributed by atoms with Crippen molar-refractivity contribution in [3.63, 3.8) is 0 Å². The van der Waals surface area contributed by atoms with E-state index in [2.05, 4.69) is 4.98 Å². The maximum Gasteiger partial charge on any atom is 0.416 e. The van der Waals surface area contributed by atoms with Crippen LogP contribution in [0.15, 0.2) is 48.7 Å². The normalized spacial score (nSPS) is 11.7. The zero-order chi connectivity index (χ0) is 16.6. The average molecular weight is 317 g/mol. The van der Waals surface area contributed by atoms with Crippen molar-refractivity contribution in [2.45, 2.75) is 20.0 Å². The monoisotopic (exact) mass is 317 g/mol. The number of hydrogen-bond acceptors (Lipinski definition) is 2. The van der Waals surface area contributed by atoms with E-state index in [9.17, 15) is 13.2 Å². The van der Waals surface area contributed by atoms with Gasteiger partial charge < -0.3 is 4.74 Å². The summed E-state index contributed by atoms with van der Waals surface area (Å²) < 4.78 is 44.0. The van der Waals surface area contributed by atoms with Crippen molar-refractivity contribution in [3.05, 3.63) is 65.4 Å². The Morgan fingerprint density at radius 1 is 0.957 bits per heavy atom. The molecule has 0 aliphatic carbocycles. The molecule has 0 aliphatic heterocycles. The van der Waals surface area contributed by atoms with Gasteiger partial charge in [0, 0.05) is 11.6 Å². The lowest BCUT2D eigenvalue weighted by Crippen LogP contribution is -2.04. The molecule has 0 N–H and O–H groups in total. The van der Waals surface area contributed by atoms with E-state index in [0.717, 1.165) is 34.0 Å². The topological polar surface area (TPSA) is 22.1 Å². The van der Waals surface area contributed by atoms with Crippen molar-refractivity contribution in [2.24, 2.45) is 0 Å². The largest absolute Gasteiger partial charge is 0.438 e. The zero-order valence-electron chi connectivity index (χ0n) is 12.6. The Morgan fingerprint density at radius 2 is 1.74 bits per heavy atom. The minimum atomic E-state index is -4.40. The van der Waals surface area contributed by atoms with Crippen LogP contribution in [-0.4, -0.2) is 4.98 Å². The molecule has 0 saturated heterocycles. The number of pyridine rings is 1. The highest BCUT2D eigenvalue weighted by molar-refractivity contribution is 5.90. The number of halogens is 3. The molecule has 0 saturated carbocycles. The average Bonchev–Trinajstić information content (AvgIpc) is 2.51. The van der Waals surface area contributed by atoms with Crippen LogP contribution in [0.25, 0.3) is 10.8 Å². The second-order valence-corrected chi connectivity index (χ2v) is 5.35. The Hall–Kier alpha value is -2.56. The number of aromatic nitrogens is 1. The van der Waals surface area contributed by atoms with Gasteiger partial charge in [-0.15, -0.1) is 0 Å². The van der Waals surface area contributed by atoms with E-state index >= 15 is 0 Å². The number of alkyl halides is 3. The number of ether oxygens (including phenoxy) is 1. The zero-order valence-corrected chi connectivity index (χ0v) is 12.6. The predicted octanol–water partition coefficient (Wildman–Crippen LogP) is 5.66. The van der Waals surface area contributed by atoms with Gasteiger partial charge in [-0.05, 0) is 60.7 Å². The number of rotatable bonds is 2. The van der Waals surface area contributed by atoms with Gasteiger partial charge in [-0.1, -0.05) is 12.1 Å². The summed E-state index contributed by atoms with van der Waals surface area (Å²) in [5.74, 6) is 0.406. The molecule has 3 rings (SSSR count). The summed E-state index contributed by atoms with van der Waals surface area (Å²) in [7, 11) is 0. The van der Waals surface area contributed by atoms with Crippen LogP contribution in [0.2, 0.25) is 0 Å². The summed E-state index contributed by atoms with van der Waals surface area (Å²) in [6, 6.07) is 10.5. The molecule has 118 valence electrons. The molecular formula is C18H14F3NO. The maximum absolute atomic E-state index is 12.8. The summed E-state index contributed by atoms with van der Waals surface area (Å²) in [5.41, 5.74) is 1.48. The van der Waals surface area contributed by atoms with Crippen LogP contribution in [0.3, 0.4) is 0 Å². The fourth-order valence-electron chi connectivity index (χ4n) is 2.42. The molecule has 5 heteroatoms. The predicted molar refractivity (Wildman–Crippen MR) is 82.7 cm³/mol. The van der Waals surface area contributed by atoms with Gasteiger partial charge in [0.05, 0.1) is 5.56 Å². The molecule has 0 unspecified atom stereocenters.